The SMILES string of the molecule is CN(CC(C)(C)CN)C(=O)CCCCCNC(=O)NC1CCCCC1. The van der Waals surface area contributed by atoms with Crippen LogP contribution in [0.25, 0.3) is 0 Å². The number of hydrogen-bond acceptors (Lipinski definition) is 3. The third kappa shape index (κ3) is 9.68. The summed E-state index contributed by atoms with van der Waals surface area (Å²) in [6, 6.07) is 0.298. The van der Waals surface area contributed by atoms with Gasteiger partial charge in [0.05, 0.1) is 0 Å². The lowest BCUT2D eigenvalue weighted by Gasteiger charge is -2.29. The monoisotopic (exact) mass is 354 g/mol. The van der Waals surface area contributed by atoms with E-state index in [-0.39, 0.29) is 17.4 Å². The van der Waals surface area contributed by atoms with Gasteiger partial charge in [-0.1, -0.05) is 39.5 Å². The second-order valence-electron chi connectivity index (χ2n) is 8.16. The van der Waals surface area contributed by atoms with E-state index in [1.54, 1.807) is 4.90 Å². The summed E-state index contributed by atoms with van der Waals surface area (Å²) in [5, 5.41) is 5.97. The lowest BCUT2D eigenvalue weighted by atomic mass is 9.93. The zero-order chi connectivity index (χ0) is 18.7. The van der Waals surface area contributed by atoms with E-state index >= 15 is 0 Å². The maximum atomic E-state index is 12.1. The molecule has 0 bridgehead atoms. The van der Waals surface area contributed by atoms with Crippen LogP contribution in [0.2, 0.25) is 0 Å². The summed E-state index contributed by atoms with van der Waals surface area (Å²) < 4.78 is 0. The Morgan fingerprint density at radius 1 is 1.12 bits per heavy atom. The number of hydrogen-bond donors (Lipinski definition) is 3. The topological polar surface area (TPSA) is 87.5 Å². The van der Waals surface area contributed by atoms with Crippen LogP contribution in [0.3, 0.4) is 0 Å². The molecule has 0 unspecified atom stereocenters. The molecule has 1 aliphatic rings. The van der Waals surface area contributed by atoms with Crippen LogP contribution in [0, 0.1) is 5.41 Å². The van der Waals surface area contributed by atoms with Crippen LogP contribution in [0.4, 0.5) is 4.79 Å². The first-order chi connectivity index (χ1) is 11.8. The van der Waals surface area contributed by atoms with Gasteiger partial charge < -0.3 is 21.3 Å². The summed E-state index contributed by atoms with van der Waals surface area (Å²) in [5.74, 6) is 0.171. The fraction of sp³-hybridized carbons (Fsp3) is 0.895. The molecule has 0 aliphatic heterocycles. The lowest BCUT2D eigenvalue weighted by molar-refractivity contribution is -0.131. The van der Waals surface area contributed by atoms with Gasteiger partial charge in [0.2, 0.25) is 5.91 Å². The molecule has 0 heterocycles. The predicted molar refractivity (Wildman–Crippen MR) is 102 cm³/mol. The third-order valence-corrected chi connectivity index (χ3v) is 4.94. The molecule has 6 nitrogen and oxygen atoms in total. The van der Waals surface area contributed by atoms with Crippen LogP contribution in [0.5, 0.6) is 0 Å². The smallest absolute Gasteiger partial charge is 0.315 e. The summed E-state index contributed by atoms with van der Waals surface area (Å²) in [7, 11) is 1.84. The summed E-state index contributed by atoms with van der Waals surface area (Å²) in [4.78, 5) is 25.7. The number of amides is 3. The van der Waals surface area contributed by atoms with Gasteiger partial charge >= 0.3 is 6.03 Å². The number of rotatable bonds is 10. The Bertz CT molecular complexity index is 406. The van der Waals surface area contributed by atoms with Gasteiger partial charge in [0.25, 0.3) is 0 Å². The van der Waals surface area contributed by atoms with E-state index in [2.05, 4.69) is 24.5 Å². The van der Waals surface area contributed by atoms with E-state index in [0.29, 0.717) is 32.1 Å². The maximum Gasteiger partial charge on any atom is 0.315 e. The first-order valence-corrected chi connectivity index (χ1v) is 9.82. The maximum absolute atomic E-state index is 12.1. The summed E-state index contributed by atoms with van der Waals surface area (Å²) in [6.45, 7) is 6.06. The molecule has 3 amide bonds. The highest BCUT2D eigenvalue weighted by molar-refractivity contribution is 5.75. The Kier molecular flexibility index (Phi) is 9.86. The minimum absolute atomic E-state index is 0.0416. The zero-order valence-corrected chi connectivity index (χ0v) is 16.4. The minimum atomic E-state index is -0.0493. The Hall–Kier alpha value is -1.30. The van der Waals surface area contributed by atoms with Crippen molar-refractivity contribution in [3.05, 3.63) is 0 Å². The van der Waals surface area contributed by atoms with Crippen molar-refractivity contribution in [1.29, 1.82) is 0 Å². The number of nitrogens with one attached hydrogen (secondary N) is 2. The molecule has 0 radical (unpaired) electrons. The molecule has 0 atom stereocenters. The standard InChI is InChI=1S/C19H38N4O2/c1-19(2,14-20)15-23(3)17(24)12-8-5-9-13-21-18(25)22-16-10-6-4-7-11-16/h16H,4-15,20H2,1-3H3,(H2,21,22,25). The van der Waals surface area contributed by atoms with Gasteiger partial charge in [-0.05, 0) is 37.6 Å². The zero-order valence-electron chi connectivity index (χ0n) is 16.4. The van der Waals surface area contributed by atoms with Crippen LogP contribution in [0.1, 0.15) is 71.6 Å². The minimum Gasteiger partial charge on any atom is -0.345 e. The van der Waals surface area contributed by atoms with E-state index in [0.717, 1.165) is 32.1 Å². The third-order valence-electron chi connectivity index (χ3n) is 4.94. The normalized spacial score (nSPS) is 15.7. The Morgan fingerprint density at radius 2 is 1.80 bits per heavy atom. The molecule has 1 aliphatic carbocycles. The van der Waals surface area contributed by atoms with Gasteiger partial charge in [0.1, 0.15) is 0 Å². The summed E-state index contributed by atoms with van der Waals surface area (Å²) in [5.41, 5.74) is 5.67. The quantitative estimate of drug-likeness (QED) is 0.527. The molecule has 0 aromatic carbocycles. The van der Waals surface area contributed by atoms with E-state index < -0.39 is 0 Å². The lowest BCUT2D eigenvalue weighted by Crippen LogP contribution is -2.43. The average molecular weight is 355 g/mol. The van der Waals surface area contributed by atoms with E-state index in [9.17, 15) is 9.59 Å². The molecule has 4 N–H and O–H groups in total. The first-order valence-electron chi connectivity index (χ1n) is 9.82. The molecule has 1 fully saturated rings. The highest BCUT2D eigenvalue weighted by Gasteiger charge is 2.20. The average Bonchev–Trinajstić information content (AvgIpc) is 2.58. The molecule has 0 aromatic heterocycles. The molecule has 25 heavy (non-hydrogen) atoms. The van der Waals surface area contributed by atoms with Crippen molar-refractivity contribution < 1.29 is 9.59 Å². The Labute approximate surface area is 153 Å². The van der Waals surface area contributed by atoms with Crippen molar-refractivity contribution in [2.45, 2.75) is 77.7 Å². The Morgan fingerprint density at radius 3 is 2.44 bits per heavy atom. The number of nitrogens with two attached hydrogens (primary N) is 1. The van der Waals surface area contributed by atoms with Gasteiger partial charge in [-0.15, -0.1) is 0 Å². The van der Waals surface area contributed by atoms with Crippen molar-refractivity contribution in [2.75, 3.05) is 26.7 Å². The summed E-state index contributed by atoms with van der Waals surface area (Å²) in [6.07, 6.45) is 9.20. The van der Waals surface area contributed by atoms with Crippen LogP contribution in [0.15, 0.2) is 0 Å². The van der Waals surface area contributed by atoms with Gasteiger partial charge in [0.15, 0.2) is 0 Å². The Balaban J connectivity index is 2.03. The van der Waals surface area contributed by atoms with Crippen molar-refractivity contribution in [3.63, 3.8) is 0 Å². The van der Waals surface area contributed by atoms with Gasteiger partial charge in [-0.3, -0.25) is 4.79 Å². The fourth-order valence-corrected chi connectivity index (χ4v) is 3.25. The molecule has 0 saturated heterocycles. The molecule has 1 rings (SSSR count). The largest absolute Gasteiger partial charge is 0.345 e. The van der Waals surface area contributed by atoms with Gasteiger partial charge in [0, 0.05) is 32.6 Å². The van der Waals surface area contributed by atoms with Crippen LogP contribution < -0.4 is 16.4 Å². The second-order valence-corrected chi connectivity index (χ2v) is 8.16. The van der Waals surface area contributed by atoms with E-state index in [4.69, 9.17) is 5.73 Å². The molecule has 0 aromatic rings. The number of urea groups is 1. The number of carbonyl (C=O) groups is 2. The number of nitrogens with zero attached hydrogens (tertiary/aromatic N) is 1. The van der Waals surface area contributed by atoms with E-state index in [1.165, 1.54) is 19.3 Å². The number of unbranched alkanes of at least 4 members (excludes halogenated alkanes) is 2. The fourth-order valence-electron chi connectivity index (χ4n) is 3.25. The van der Waals surface area contributed by atoms with Gasteiger partial charge in [-0.2, -0.15) is 0 Å². The summed E-state index contributed by atoms with van der Waals surface area (Å²) >= 11 is 0. The predicted octanol–water partition coefficient (Wildman–Crippen LogP) is 2.62. The number of carbonyl (C=O) groups excluding carboxylic acids is 2. The van der Waals surface area contributed by atoms with Gasteiger partial charge in [-0.25, -0.2) is 4.79 Å². The van der Waals surface area contributed by atoms with Crippen molar-refractivity contribution in [1.82, 2.24) is 15.5 Å². The molecule has 1 saturated carbocycles. The van der Waals surface area contributed by atoms with Crippen LogP contribution in [-0.2, 0) is 4.79 Å². The molecular formula is C19H38N4O2. The molecule has 6 heteroatoms. The molecule has 0 spiro atoms. The van der Waals surface area contributed by atoms with Crippen molar-refractivity contribution in [2.24, 2.45) is 11.1 Å². The first kappa shape index (κ1) is 21.7. The van der Waals surface area contributed by atoms with E-state index in [1.807, 2.05) is 7.05 Å². The van der Waals surface area contributed by atoms with Crippen molar-refractivity contribution >= 4 is 11.9 Å². The second kappa shape index (κ2) is 11.3. The molecule has 146 valence electrons. The highest BCUT2D eigenvalue weighted by Crippen LogP contribution is 2.17. The highest BCUT2D eigenvalue weighted by atomic mass is 16.2. The van der Waals surface area contributed by atoms with Crippen LogP contribution >= 0.6 is 0 Å². The van der Waals surface area contributed by atoms with Crippen molar-refractivity contribution in [3.8, 4) is 0 Å². The van der Waals surface area contributed by atoms with Crippen LogP contribution in [-0.4, -0.2) is 49.6 Å². The molecular weight excluding hydrogens is 316 g/mol.